The molecule has 0 aliphatic heterocycles. The van der Waals surface area contributed by atoms with Crippen molar-refractivity contribution >= 4 is 5.97 Å². The standard InChI is InChI=1S/C13H15N3O4/c1-3-4-11-14-12(20-15-11)9(2)19-13(17)10-5-7-16(18)8-6-10/h5-9H,3-4H2,1-2H3/t9-/m1/s1. The van der Waals surface area contributed by atoms with Gasteiger partial charge in [0.15, 0.2) is 24.3 Å². The van der Waals surface area contributed by atoms with Crippen molar-refractivity contribution in [1.29, 1.82) is 0 Å². The molecule has 0 saturated heterocycles. The summed E-state index contributed by atoms with van der Waals surface area (Å²) in [5, 5.41) is 14.7. The largest absolute Gasteiger partial charge is 0.619 e. The van der Waals surface area contributed by atoms with Crippen molar-refractivity contribution in [1.82, 2.24) is 10.1 Å². The van der Waals surface area contributed by atoms with Crippen molar-refractivity contribution in [2.45, 2.75) is 32.8 Å². The number of hydrogen-bond acceptors (Lipinski definition) is 6. The number of rotatable bonds is 5. The molecule has 0 aliphatic carbocycles. The first-order chi connectivity index (χ1) is 9.60. The molecule has 2 rings (SSSR count). The predicted octanol–water partition coefficient (Wildman–Crippen LogP) is 1.57. The lowest BCUT2D eigenvalue weighted by Crippen LogP contribution is -2.24. The molecule has 2 heterocycles. The molecule has 106 valence electrons. The summed E-state index contributed by atoms with van der Waals surface area (Å²) in [6.45, 7) is 3.66. The number of nitrogens with zero attached hydrogens (tertiary/aromatic N) is 3. The van der Waals surface area contributed by atoms with Gasteiger partial charge in [-0.3, -0.25) is 0 Å². The number of hydrogen-bond donors (Lipinski definition) is 0. The van der Waals surface area contributed by atoms with Gasteiger partial charge in [0.1, 0.15) is 0 Å². The Hall–Kier alpha value is -2.44. The van der Waals surface area contributed by atoms with Gasteiger partial charge in [0.25, 0.3) is 5.89 Å². The van der Waals surface area contributed by atoms with Crippen LogP contribution >= 0.6 is 0 Å². The third-order valence-electron chi connectivity index (χ3n) is 2.63. The van der Waals surface area contributed by atoms with E-state index in [1.807, 2.05) is 6.92 Å². The highest BCUT2D eigenvalue weighted by Gasteiger charge is 2.19. The fraction of sp³-hybridized carbons (Fsp3) is 0.385. The van der Waals surface area contributed by atoms with E-state index in [-0.39, 0.29) is 11.5 Å². The quantitative estimate of drug-likeness (QED) is 0.468. The molecule has 0 unspecified atom stereocenters. The molecule has 2 aromatic rings. The van der Waals surface area contributed by atoms with Gasteiger partial charge in [-0.25, -0.2) is 4.79 Å². The van der Waals surface area contributed by atoms with Gasteiger partial charge in [0.05, 0.1) is 5.56 Å². The highest BCUT2D eigenvalue weighted by atomic mass is 16.6. The highest BCUT2D eigenvalue weighted by molar-refractivity contribution is 5.89. The van der Waals surface area contributed by atoms with Crippen LogP contribution in [0.2, 0.25) is 0 Å². The van der Waals surface area contributed by atoms with Gasteiger partial charge in [-0.1, -0.05) is 12.1 Å². The molecule has 0 bridgehead atoms. The predicted molar refractivity (Wildman–Crippen MR) is 67.5 cm³/mol. The Kier molecular flexibility index (Phi) is 4.29. The van der Waals surface area contributed by atoms with Gasteiger partial charge in [0, 0.05) is 18.6 Å². The topological polar surface area (TPSA) is 92.2 Å². The van der Waals surface area contributed by atoms with E-state index in [4.69, 9.17) is 9.26 Å². The maximum absolute atomic E-state index is 11.8. The average molecular weight is 277 g/mol. The molecule has 0 aliphatic rings. The summed E-state index contributed by atoms with van der Waals surface area (Å²) in [4.78, 5) is 16.0. The molecule has 0 aromatic carbocycles. The summed E-state index contributed by atoms with van der Waals surface area (Å²) in [6.07, 6.45) is 3.44. The second kappa shape index (κ2) is 6.14. The molecular formula is C13H15N3O4. The van der Waals surface area contributed by atoms with Gasteiger partial charge in [-0.15, -0.1) is 0 Å². The van der Waals surface area contributed by atoms with Crippen LogP contribution in [0.3, 0.4) is 0 Å². The minimum atomic E-state index is -0.639. The lowest BCUT2D eigenvalue weighted by atomic mass is 10.3. The average Bonchev–Trinajstić information content (AvgIpc) is 2.88. The van der Waals surface area contributed by atoms with E-state index < -0.39 is 12.1 Å². The summed E-state index contributed by atoms with van der Waals surface area (Å²) in [7, 11) is 0. The monoisotopic (exact) mass is 277 g/mol. The number of carbonyl (C=O) groups excluding carboxylic acids is 1. The molecule has 0 fully saturated rings. The molecular weight excluding hydrogens is 262 g/mol. The van der Waals surface area contributed by atoms with Crippen LogP contribution in [0.4, 0.5) is 0 Å². The molecule has 0 amide bonds. The van der Waals surface area contributed by atoms with Crippen molar-refractivity contribution in [2.24, 2.45) is 0 Å². The molecule has 7 heteroatoms. The van der Waals surface area contributed by atoms with E-state index in [0.717, 1.165) is 6.42 Å². The van der Waals surface area contributed by atoms with Crippen LogP contribution in [0, 0.1) is 5.21 Å². The van der Waals surface area contributed by atoms with Crippen LogP contribution in [0.25, 0.3) is 0 Å². The summed E-state index contributed by atoms with van der Waals surface area (Å²) < 4.78 is 10.8. The molecule has 0 spiro atoms. The van der Waals surface area contributed by atoms with Gasteiger partial charge >= 0.3 is 5.97 Å². The van der Waals surface area contributed by atoms with Crippen LogP contribution < -0.4 is 4.73 Å². The van der Waals surface area contributed by atoms with Crippen LogP contribution in [0.15, 0.2) is 29.0 Å². The van der Waals surface area contributed by atoms with Gasteiger partial charge in [-0.2, -0.15) is 9.71 Å². The Bertz CT molecular complexity index is 580. The maximum atomic E-state index is 11.8. The third-order valence-corrected chi connectivity index (χ3v) is 2.63. The van der Waals surface area contributed by atoms with Crippen LogP contribution in [-0.4, -0.2) is 16.1 Å². The van der Waals surface area contributed by atoms with Crippen LogP contribution in [0.5, 0.6) is 0 Å². The van der Waals surface area contributed by atoms with Crippen LogP contribution in [0.1, 0.15) is 48.4 Å². The third kappa shape index (κ3) is 3.31. The van der Waals surface area contributed by atoms with E-state index in [9.17, 15) is 10.0 Å². The summed E-state index contributed by atoms with van der Waals surface area (Å²) >= 11 is 0. The molecule has 0 saturated carbocycles. The molecule has 2 aromatic heterocycles. The van der Waals surface area contributed by atoms with Crippen molar-refractivity contribution in [3.05, 3.63) is 47.0 Å². The zero-order valence-electron chi connectivity index (χ0n) is 11.3. The van der Waals surface area contributed by atoms with E-state index >= 15 is 0 Å². The Balaban J connectivity index is 2.01. The fourth-order valence-corrected chi connectivity index (χ4v) is 1.59. The number of pyridine rings is 1. The van der Waals surface area contributed by atoms with Crippen molar-refractivity contribution in [3.8, 4) is 0 Å². The Morgan fingerprint density at radius 1 is 1.50 bits per heavy atom. The molecule has 20 heavy (non-hydrogen) atoms. The first-order valence-electron chi connectivity index (χ1n) is 6.32. The first kappa shape index (κ1) is 14.0. The lowest BCUT2D eigenvalue weighted by molar-refractivity contribution is -0.605. The Morgan fingerprint density at radius 3 is 2.85 bits per heavy atom. The van der Waals surface area contributed by atoms with E-state index in [0.29, 0.717) is 17.0 Å². The zero-order valence-corrected chi connectivity index (χ0v) is 11.3. The van der Waals surface area contributed by atoms with E-state index in [1.165, 1.54) is 24.5 Å². The molecule has 0 radical (unpaired) electrons. The highest BCUT2D eigenvalue weighted by Crippen LogP contribution is 2.16. The zero-order chi connectivity index (χ0) is 14.5. The lowest BCUT2D eigenvalue weighted by Gasteiger charge is -2.08. The number of aryl methyl sites for hydroxylation is 1. The van der Waals surface area contributed by atoms with Gasteiger partial charge in [-0.05, 0) is 13.3 Å². The Labute approximate surface area is 115 Å². The molecule has 0 N–H and O–H groups in total. The first-order valence-corrected chi connectivity index (χ1v) is 6.32. The normalized spacial score (nSPS) is 12.1. The van der Waals surface area contributed by atoms with Crippen molar-refractivity contribution in [2.75, 3.05) is 0 Å². The van der Waals surface area contributed by atoms with Crippen molar-refractivity contribution in [3.63, 3.8) is 0 Å². The fourth-order valence-electron chi connectivity index (χ4n) is 1.59. The number of ether oxygens (including phenoxy) is 1. The van der Waals surface area contributed by atoms with Gasteiger partial charge < -0.3 is 14.5 Å². The van der Waals surface area contributed by atoms with Crippen molar-refractivity contribution < 1.29 is 18.8 Å². The SMILES string of the molecule is CCCc1noc([C@@H](C)OC(=O)c2cc[n+]([O-])cc2)n1. The minimum Gasteiger partial charge on any atom is -0.619 e. The van der Waals surface area contributed by atoms with Crippen LogP contribution in [-0.2, 0) is 11.2 Å². The summed E-state index contributed by atoms with van der Waals surface area (Å²) in [5.41, 5.74) is 0.289. The number of aromatic nitrogens is 3. The van der Waals surface area contributed by atoms with E-state index in [2.05, 4.69) is 10.1 Å². The molecule has 1 atom stereocenters. The summed E-state index contributed by atoms with van der Waals surface area (Å²) in [6, 6.07) is 2.77. The number of esters is 1. The Morgan fingerprint density at radius 2 is 2.20 bits per heavy atom. The smallest absolute Gasteiger partial charge is 0.339 e. The van der Waals surface area contributed by atoms with Gasteiger partial charge in [0.2, 0.25) is 0 Å². The second-order valence-corrected chi connectivity index (χ2v) is 4.29. The maximum Gasteiger partial charge on any atom is 0.339 e. The number of carbonyl (C=O) groups is 1. The molecule has 7 nitrogen and oxygen atoms in total. The van der Waals surface area contributed by atoms with E-state index in [1.54, 1.807) is 6.92 Å². The second-order valence-electron chi connectivity index (χ2n) is 4.29. The minimum absolute atomic E-state index is 0.261. The summed E-state index contributed by atoms with van der Waals surface area (Å²) in [5.74, 6) is 0.308.